The molecule has 2 amide bonds. The van der Waals surface area contributed by atoms with E-state index in [0.29, 0.717) is 13.2 Å². The average Bonchev–Trinajstić information content (AvgIpc) is 3.39. The van der Waals surface area contributed by atoms with Crippen molar-refractivity contribution in [2.45, 2.75) is 56.9 Å². The van der Waals surface area contributed by atoms with Crippen LogP contribution in [0.2, 0.25) is 0 Å². The van der Waals surface area contributed by atoms with Crippen LogP contribution in [0.3, 0.4) is 0 Å². The first-order valence-electron chi connectivity index (χ1n) is 10.1. The fourth-order valence-corrected chi connectivity index (χ4v) is 5.65. The van der Waals surface area contributed by atoms with Crippen molar-refractivity contribution in [3.8, 4) is 5.88 Å². The van der Waals surface area contributed by atoms with E-state index in [0.717, 1.165) is 55.3 Å². The van der Waals surface area contributed by atoms with Crippen LogP contribution in [-0.4, -0.2) is 30.8 Å². The summed E-state index contributed by atoms with van der Waals surface area (Å²) in [6.07, 6.45) is 7.20. The Bertz CT molecular complexity index is 1070. The first-order valence-corrected chi connectivity index (χ1v) is 11.6. The minimum absolute atomic E-state index is 0.108. The molecule has 0 saturated carbocycles. The minimum atomic E-state index is -4.09. The number of urea groups is 1. The fourth-order valence-electron chi connectivity index (χ4n) is 4.67. The van der Waals surface area contributed by atoms with Gasteiger partial charge in [0.15, 0.2) is 4.90 Å². The van der Waals surface area contributed by atoms with E-state index in [1.807, 2.05) is 6.92 Å². The van der Waals surface area contributed by atoms with E-state index in [4.69, 9.17) is 4.74 Å². The van der Waals surface area contributed by atoms with E-state index >= 15 is 0 Å². The highest BCUT2D eigenvalue weighted by Gasteiger charge is 2.31. The zero-order valence-electron chi connectivity index (χ0n) is 16.3. The van der Waals surface area contributed by atoms with Crippen molar-refractivity contribution >= 4 is 21.7 Å². The molecule has 1 unspecified atom stereocenters. The molecule has 1 aromatic heterocycles. The number of ether oxygens (including phenoxy) is 1. The van der Waals surface area contributed by atoms with Crippen LogP contribution >= 0.6 is 0 Å². The first-order chi connectivity index (χ1) is 13.9. The number of hydrogen-bond acceptors (Lipinski definition) is 5. The number of hydrogen-bond donors (Lipinski definition) is 2. The number of nitrogens with zero attached hydrogens (tertiary/aromatic N) is 2. The third-order valence-electron chi connectivity index (χ3n) is 5.98. The Kier molecular flexibility index (Phi) is 4.31. The molecule has 29 heavy (non-hydrogen) atoms. The standard InChI is InChI=1S/C20H24N4O4S/c1-12-10-24-19(28-11-12)17(9-21-24)29(26,27)23-20(25)22-18-15-6-2-4-13(15)8-14-5-3-7-16(14)18/h8-9,12H,2-7,10-11H2,1H3,(H2,22,23,25). The molecule has 2 aromatic rings. The zero-order chi connectivity index (χ0) is 20.2. The van der Waals surface area contributed by atoms with Crippen LogP contribution in [-0.2, 0) is 42.3 Å². The van der Waals surface area contributed by atoms with Gasteiger partial charge in [0.25, 0.3) is 10.0 Å². The topological polar surface area (TPSA) is 102 Å². The van der Waals surface area contributed by atoms with Gasteiger partial charge in [-0.1, -0.05) is 13.0 Å². The Morgan fingerprint density at radius 2 is 1.86 bits per heavy atom. The molecule has 3 aliphatic rings. The lowest BCUT2D eigenvalue weighted by Gasteiger charge is -2.21. The number of rotatable bonds is 3. The molecule has 8 nitrogen and oxygen atoms in total. The highest BCUT2D eigenvalue weighted by Crippen LogP contribution is 2.38. The van der Waals surface area contributed by atoms with Gasteiger partial charge in [-0.05, 0) is 60.8 Å². The van der Waals surface area contributed by atoms with Crippen LogP contribution in [0.15, 0.2) is 17.2 Å². The minimum Gasteiger partial charge on any atom is -0.477 e. The summed E-state index contributed by atoms with van der Waals surface area (Å²) in [5.41, 5.74) is 5.66. The lowest BCUT2D eigenvalue weighted by molar-refractivity contribution is 0.170. The maximum atomic E-state index is 12.8. The predicted octanol–water partition coefficient (Wildman–Crippen LogP) is 2.40. The number of nitrogens with one attached hydrogen (secondary N) is 2. The molecule has 2 heterocycles. The fraction of sp³-hybridized carbons (Fsp3) is 0.500. The summed E-state index contributed by atoms with van der Waals surface area (Å²) < 4.78 is 34.8. The summed E-state index contributed by atoms with van der Waals surface area (Å²) in [6.45, 7) is 3.00. The Morgan fingerprint density at radius 1 is 1.17 bits per heavy atom. The number of carbonyl (C=O) groups excluding carboxylic acids is 1. The highest BCUT2D eigenvalue weighted by atomic mass is 32.2. The van der Waals surface area contributed by atoms with Gasteiger partial charge in [0.1, 0.15) is 0 Å². The second-order valence-electron chi connectivity index (χ2n) is 8.21. The van der Waals surface area contributed by atoms with Gasteiger partial charge in [0.2, 0.25) is 5.88 Å². The lowest BCUT2D eigenvalue weighted by Crippen LogP contribution is -2.35. The summed E-state index contributed by atoms with van der Waals surface area (Å²) in [4.78, 5) is 12.6. The monoisotopic (exact) mass is 416 g/mol. The molecular formula is C20H24N4O4S. The Labute approximate surface area is 169 Å². The quantitative estimate of drug-likeness (QED) is 0.800. The van der Waals surface area contributed by atoms with E-state index in [1.165, 1.54) is 22.0 Å². The summed E-state index contributed by atoms with van der Waals surface area (Å²) >= 11 is 0. The van der Waals surface area contributed by atoms with Crippen LogP contribution in [0.25, 0.3) is 0 Å². The van der Waals surface area contributed by atoms with Crippen LogP contribution < -0.4 is 14.8 Å². The van der Waals surface area contributed by atoms with Crippen molar-refractivity contribution in [3.63, 3.8) is 0 Å². The van der Waals surface area contributed by atoms with Gasteiger partial charge in [-0.3, -0.25) is 0 Å². The molecule has 1 aliphatic heterocycles. The second-order valence-corrected chi connectivity index (χ2v) is 9.86. The van der Waals surface area contributed by atoms with Gasteiger partial charge in [0, 0.05) is 11.6 Å². The molecule has 2 aliphatic carbocycles. The van der Waals surface area contributed by atoms with Gasteiger partial charge in [-0.2, -0.15) is 5.10 Å². The van der Waals surface area contributed by atoms with E-state index < -0.39 is 16.1 Å². The Hall–Kier alpha value is -2.55. The Balaban J connectivity index is 1.40. The number of benzene rings is 1. The Morgan fingerprint density at radius 3 is 2.55 bits per heavy atom. The molecular weight excluding hydrogens is 392 g/mol. The van der Waals surface area contributed by atoms with Gasteiger partial charge in [0.05, 0.1) is 19.3 Å². The third kappa shape index (κ3) is 3.17. The van der Waals surface area contributed by atoms with E-state index in [2.05, 4.69) is 21.2 Å². The normalized spacial score (nSPS) is 19.8. The first kappa shape index (κ1) is 18.5. The number of amides is 2. The van der Waals surface area contributed by atoms with Crippen molar-refractivity contribution in [2.24, 2.45) is 5.92 Å². The second kappa shape index (κ2) is 6.76. The van der Waals surface area contributed by atoms with Gasteiger partial charge in [-0.15, -0.1) is 0 Å². The van der Waals surface area contributed by atoms with Crippen LogP contribution in [0, 0.1) is 5.92 Å². The number of aromatic nitrogens is 2. The highest BCUT2D eigenvalue weighted by molar-refractivity contribution is 7.90. The summed E-state index contributed by atoms with van der Waals surface area (Å²) in [5.74, 6) is 0.432. The zero-order valence-corrected chi connectivity index (χ0v) is 17.1. The molecule has 0 fully saturated rings. The number of fused-ring (bicyclic) bond motifs is 3. The van der Waals surface area contributed by atoms with Crippen molar-refractivity contribution < 1.29 is 17.9 Å². The molecule has 0 bridgehead atoms. The predicted molar refractivity (Wildman–Crippen MR) is 107 cm³/mol. The van der Waals surface area contributed by atoms with Crippen molar-refractivity contribution in [2.75, 3.05) is 11.9 Å². The van der Waals surface area contributed by atoms with Crippen LogP contribution in [0.1, 0.15) is 42.0 Å². The van der Waals surface area contributed by atoms with Gasteiger partial charge < -0.3 is 10.1 Å². The molecule has 5 rings (SSSR count). The maximum absolute atomic E-state index is 12.8. The van der Waals surface area contributed by atoms with Gasteiger partial charge >= 0.3 is 6.03 Å². The molecule has 0 radical (unpaired) electrons. The number of aryl methyl sites for hydroxylation is 2. The van der Waals surface area contributed by atoms with Crippen molar-refractivity contribution in [3.05, 3.63) is 34.5 Å². The van der Waals surface area contributed by atoms with E-state index in [9.17, 15) is 13.2 Å². The molecule has 2 N–H and O–H groups in total. The van der Waals surface area contributed by atoms with Crippen molar-refractivity contribution in [1.29, 1.82) is 0 Å². The molecule has 1 aromatic carbocycles. The van der Waals surface area contributed by atoms with Gasteiger partial charge in [-0.25, -0.2) is 22.6 Å². The molecule has 154 valence electrons. The van der Waals surface area contributed by atoms with Crippen LogP contribution in [0.5, 0.6) is 5.88 Å². The maximum Gasteiger partial charge on any atom is 0.333 e. The molecule has 0 saturated heterocycles. The summed E-state index contributed by atoms with van der Waals surface area (Å²) in [5, 5.41) is 6.95. The van der Waals surface area contributed by atoms with E-state index in [1.54, 1.807) is 0 Å². The van der Waals surface area contributed by atoms with Crippen LogP contribution in [0.4, 0.5) is 10.5 Å². The molecule has 0 spiro atoms. The largest absolute Gasteiger partial charge is 0.477 e. The number of anilines is 1. The van der Waals surface area contributed by atoms with Crippen molar-refractivity contribution in [1.82, 2.24) is 14.5 Å². The third-order valence-corrected chi connectivity index (χ3v) is 7.29. The summed E-state index contributed by atoms with van der Waals surface area (Å²) in [7, 11) is -4.09. The SMILES string of the molecule is CC1COc2c(S(=O)(=O)NC(=O)Nc3c4c(cc5c3CCC5)CCC4)cnn2C1. The van der Waals surface area contributed by atoms with E-state index in [-0.39, 0.29) is 16.7 Å². The summed E-state index contributed by atoms with van der Waals surface area (Å²) in [6, 6.07) is 1.52. The number of carbonyl (C=O) groups is 1. The number of sulfonamides is 1. The average molecular weight is 417 g/mol. The lowest BCUT2D eigenvalue weighted by atomic mass is 9.99. The smallest absolute Gasteiger partial charge is 0.333 e. The molecule has 9 heteroatoms. The molecule has 1 atom stereocenters.